The van der Waals surface area contributed by atoms with Crippen LogP contribution in [-0.2, 0) is 4.79 Å². The lowest BCUT2D eigenvalue weighted by Gasteiger charge is -2.32. The molecule has 0 atom stereocenters. The molecule has 2 aromatic carbocycles. The van der Waals surface area contributed by atoms with Gasteiger partial charge in [-0.3, -0.25) is 14.4 Å². The van der Waals surface area contributed by atoms with Gasteiger partial charge in [0.15, 0.2) is 0 Å². The lowest BCUT2D eigenvalue weighted by atomic mass is 10.1. The predicted molar refractivity (Wildman–Crippen MR) is 112 cm³/mol. The predicted octanol–water partition coefficient (Wildman–Crippen LogP) is 2.10. The number of hydrogen-bond donors (Lipinski definition) is 2. The molecule has 0 saturated carbocycles. The summed E-state index contributed by atoms with van der Waals surface area (Å²) in [5.41, 5.74) is 1.57. The second kappa shape index (κ2) is 9.54. The first-order chi connectivity index (χ1) is 13.9. The van der Waals surface area contributed by atoms with E-state index >= 15 is 0 Å². The number of nitrogens with one attached hydrogen (secondary N) is 2. The third-order valence-electron chi connectivity index (χ3n) is 4.72. The van der Waals surface area contributed by atoms with Crippen molar-refractivity contribution in [1.82, 2.24) is 15.1 Å². The van der Waals surface area contributed by atoms with Crippen LogP contribution in [0.1, 0.15) is 20.7 Å². The molecule has 0 aliphatic carbocycles. The molecule has 0 spiro atoms. The lowest BCUT2D eigenvalue weighted by Crippen LogP contribution is -2.47. The van der Waals surface area contributed by atoms with E-state index in [9.17, 15) is 14.4 Å². The maximum atomic E-state index is 12.5. The molecule has 8 heteroatoms. The summed E-state index contributed by atoms with van der Waals surface area (Å²) in [6.07, 6.45) is 0. The second-order valence-corrected chi connectivity index (χ2v) is 7.35. The molecule has 0 radical (unpaired) electrons. The maximum absolute atomic E-state index is 12.5. The summed E-state index contributed by atoms with van der Waals surface area (Å²) >= 11 is 5.79. The number of halogens is 1. The zero-order valence-electron chi connectivity index (χ0n) is 16.2. The minimum Gasteiger partial charge on any atom is -0.343 e. The van der Waals surface area contributed by atoms with Crippen molar-refractivity contribution < 1.29 is 14.4 Å². The Labute approximate surface area is 174 Å². The zero-order valence-corrected chi connectivity index (χ0v) is 16.9. The van der Waals surface area contributed by atoms with Crippen molar-refractivity contribution in [2.45, 2.75) is 0 Å². The van der Waals surface area contributed by atoms with Gasteiger partial charge in [-0.15, -0.1) is 0 Å². The Morgan fingerprint density at radius 3 is 2.10 bits per heavy atom. The first-order valence-corrected chi connectivity index (χ1v) is 9.71. The van der Waals surface area contributed by atoms with Gasteiger partial charge in [-0.2, -0.15) is 0 Å². The van der Waals surface area contributed by atoms with Crippen LogP contribution in [0.4, 0.5) is 5.69 Å². The van der Waals surface area contributed by atoms with Crippen LogP contribution in [0.2, 0.25) is 5.02 Å². The van der Waals surface area contributed by atoms with Crippen molar-refractivity contribution in [2.75, 3.05) is 45.1 Å². The number of nitrogens with zero attached hydrogens (tertiary/aromatic N) is 2. The Balaban J connectivity index is 1.48. The van der Waals surface area contributed by atoms with E-state index < -0.39 is 0 Å². The molecule has 3 rings (SSSR count). The standard InChI is InChI=1S/C21H23ClN4O3/c1-25-10-12-26(13-11-25)21(29)16-4-8-18(9-5-16)24-19(27)14-23-20(28)15-2-6-17(22)7-3-15/h2-9H,10-14H2,1H3,(H,23,28)(H,24,27). The highest BCUT2D eigenvalue weighted by molar-refractivity contribution is 6.30. The van der Waals surface area contributed by atoms with Crippen molar-refractivity contribution in [2.24, 2.45) is 0 Å². The third-order valence-corrected chi connectivity index (χ3v) is 4.97. The molecule has 1 aliphatic heterocycles. The molecular formula is C21H23ClN4O3. The van der Waals surface area contributed by atoms with Gasteiger partial charge < -0.3 is 20.4 Å². The topological polar surface area (TPSA) is 81.8 Å². The summed E-state index contributed by atoms with van der Waals surface area (Å²) in [5.74, 6) is -0.721. The zero-order chi connectivity index (χ0) is 20.8. The minimum atomic E-state index is -0.357. The molecule has 1 heterocycles. The normalized spacial score (nSPS) is 14.3. The Bertz CT molecular complexity index is 876. The van der Waals surface area contributed by atoms with Crippen LogP contribution in [0.15, 0.2) is 48.5 Å². The summed E-state index contributed by atoms with van der Waals surface area (Å²) in [4.78, 5) is 40.7. The summed E-state index contributed by atoms with van der Waals surface area (Å²) in [7, 11) is 2.04. The average molecular weight is 415 g/mol. The fraction of sp³-hybridized carbons (Fsp3) is 0.286. The van der Waals surface area contributed by atoms with Crippen molar-refractivity contribution in [3.05, 3.63) is 64.7 Å². The van der Waals surface area contributed by atoms with E-state index in [1.807, 2.05) is 11.9 Å². The molecular weight excluding hydrogens is 392 g/mol. The Kier molecular flexibility index (Phi) is 6.85. The first kappa shape index (κ1) is 20.8. The van der Waals surface area contributed by atoms with Gasteiger partial charge in [0.25, 0.3) is 11.8 Å². The van der Waals surface area contributed by atoms with Crippen LogP contribution >= 0.6 is 11.6 Å². The monoisotopic (exact) mass is 414 g/mol. The molecule has 152 valence electrons. The van der Waals surface area contributed by atoms with Gasteiger partial charge in [-0.25, -0.2) is 0 Å². The molecule has 0 aromatic heterocycles. The molecule has 1 saturated heterocycles. The molecule has 2 N–H and O–H groups in total. The quantitative estimate of drug-likeness (QED) is 0.785. The number of rotatable bonds is 5. The Morgan fingerprint density at radius 1 is 0.897 bits per heavy atom. The smallest absolute Gasteiger partial charge is 0.253 e. The van der Waals surface area contributed by atoms with Crippen LogP contribution < -0.4 is 10.6 Å². The number of anilines is 1. The van der Waals surface area contributed by atoms with Gasteiger partial charge in [0.1, 0.15) is 0 Å². The third kappa shape index (κ3) is 5.79. The van der Waals surface area contributed by atoms with E-state index in [1.54, 1.807) is 48.5 Å². The van der Waals surface area contributed by atoms with E-state index in [0.29, 0.717) is 34.9 Å². The van der Waals surface area contributed by atoms with Gasteiger partial charge >= 0.3 is 0 Å². The maximum Gasteiger partial charge on any atom is 0.253 e. The van der Waals surface area contributed by atoms with Gasteiger partial charge in [-0.1, -0.05) is 11.6 Å². The Morgan fingerprint density at radius 2 is 1.48 bits per heavy atom. The van der Waals surface area contributed by atoms with E-state index in [-0.39, 0.29) is 24.3 Å². The van der Waals surface area contributed by atoms with Crippen LogP contribution in [0.3, 0.4) is 0 Å². The van der Waals surface area contributed by atoms with Crippen LogP contribution in [0.25, 0.3) is 0 Å². The SMILES string of the molecule is CN1CCN(C(=O)c2ccc(NC(=O)CNC(=O)c3ccc(Cl)cc3)cc2)CC1. The van der Waals surface area contributed by atoms with Crippen molar-refractivity contribution >= 4 is 35.0 Å². The summed E-state index contributed by atoms with van der Waals surface area (Å²) in [5, 5.41) is 5.79. The number of amides is 3. The van der Waals surface area contributed by atoms with E-state index in [4.69, 9.17) is 11.6 Å². The van der Waals surface area contributed by atoms with Crippen molar-refractivity contribution in [3.63, 3.8) is 0 Å². The summed E-state index contributed by atoms with van der Waals surface area (Å²) in [6.45, 7) is 2.98. The molecule has 3 amide bonds. The minimum absolute atomic E-state index is 0.00814. The largest absolute Gasteiger partial charge is 0.343 e. The van der Waals surface area contributed by atoms with E-state index in [0.717, 1.165) is 13.1 Å². The fourth-order valence-corrected chi connectivity index (χ4v) is 3.08. The average Bonchev–Trinajstić information content (AvgIpc) is 2.73. The number of likely N-dealkylation sites (N-methyl/N-ethyl adjacent to an activating group) is 1. The number of piperazine rings is 1. The highest BCUT2D eigenvalue weighted by atomic mass is 35.5. The van der Waals surface area contributed by atoms with E-state index in [2.05, 4.69) is 15.5 Å². The number of carbonyl (C=O) groups is 3. The number of benzene rings is 2. The molecule has 7 nitrogen and oxygen atoms in total. The highest BCUT2D eigenvalue weighted by Crippen LogP contribution is 2.13. The molecule has 1 fully saturated rings. The summed E-state index contributed by atoms with van der Waals surface area (Å²) in [6, 6.07) is 13.2. The van der Waals surface area contributed by atoms with Gasteiger partial charge in [0.2, 0.25) is 5.91 Å². The van der Waals surface area contributed by atoms with Crippen LogP contribution in [0, 0.1) is 0 Å². The molecule has 29 heavy (non-hydrogen) atoms. The second-order valence-electron chi connectivity index (χ2n) is 6.91. The molecule has 0 unspecified atom stereocenters. The van der Waals surface area contributed by atoms with Crippen LogP contribution in [-0.4, -0.2) is 67.3 Å². The van der Waals surface area contributed by atoms with Crippen LogP contribution in [0.5, 0.6) is 0 Å². The lowest BCUT2D eigenvalue weighted by molar-refractivity contribution is -0.115. The van der Waals surface area contributed by atoms with E-state index in [1.165, 1.54) is 0 Å². The highest BCUT2D eigenvalue weighted by Gasteiger charge is 2.20. The first-order valence-electron chi connectivity index (χ1n) is 9.34. The van der Waals surface area contributed by atoms with Gasteiger partial charge in [0.05, 0.1) is 6.54 Å². The van der Waals surface area contributed by atoms with Crippen molar-refractivity contribution in [1.29, 1.82) is 0 Å². The number of carbonyl (C=O) groups excluding carboxylic acids is 3. The molecule has 2 aromatic rings. The number of hydrogen-bond acceptors (Lipinski definition) is 4. The molecule has 0 bridgehead atoms. The fourth-order valence-electron chi connectivity index (χ4n) is 2.96. The molecule has 1 aliphatic rings. The van der Waals surface area contributed by atoms with Gasteiger partial charge in [-0.05, 0) is 55.6 Å². The summed E-state index contributed by atoms with van der Waals surface area (Å²) < 4.78 is 0. The van der Waals surface area contributed by atoms with Crippen molar-refractivity contribution in [3.8, 4) is 0 Å². The Hall–Kier alpha value is -2.90. The van der Waals surface area contributed by atoms with Gasteiger partial charge in [0, 0.05) is 48.0 Å².